The van der Waals surface area contributed by atoms with E-state index in [-0.39, 0.29) is 5.41 Å². The quantitative estimate of drug-likeness (QED) is 0.195. The Morgan fingerprint density at radius 2 is 1.40 bits per heavy atom. The van der Waals surface area contributed by atoms with Gasteiger partial charge in [-0.2, -0.15) is 0 Å². The summed E-state index contributed by atoms with van der Waals surface area (Å²) in [6.07, 6.45) is 11.4. The number of benzene rings is 5. The van der Waals surface area contributed by atoms with E-state index in [1.807, 2.05) is 24.3 Å². The predicted molar refractivity (Wildman–Crippen MR) is 185 cm³/mol. The zero-order valence-electron chi connectivity index (χ0n) is 27.2. The van der Waals surface area contributed by atoms with Crippen LogP contribution in [0.5, 0.6) is 28.7 Å². The van der Waals surface area contributed by atoms with Gasteiger partial charge in [0.2, 0.25) is 0 Å². The topological polar surface area (TPSA) is 46.2 Å². The monoisotopic (exact) mass is 622 g/mol. The molecule has 1 spiro atoms. The minimum Gasteiger partial charge on any atom is -0.497 e. The van der Waals surface area contributed by atoms with Gasteiger partial charge in [-0.15, -0.1) is 0 Å². The molecule has 1 fully saturated rings. The molecule has 2 heterocycles. The Morgan fingerprint density at radius 1 is 0.723 bits per heavy atom. The summed E-state index contributed by atoms with van der Waals surface area (Å²) in [5.74, 6) is 4.13. The first-order valence-electron chi connectivity index (χ1n) is 16.8. The summed E-state index contributed by atoms with van der Waals surface area (Å²) in [4.78, 5) is 0. The first-order valence-corrected chi connectivity index (χ1v) is 16.8. The Kier molecular flexibility index (Phi) is 6.37. The lowest BCUT2D eigenvalue weighted by molar-refractivity contribution is 0.163. The highest BCUT2D eigenvalue weighted by molar-refractivity contribution is 6.11. The van der Waals surface area contributed by atoms with Crippen LogP contribution in [-0.4, -0.2) is 27.9 Å². The molecule has 1 saturated carbocycles. The van der Waals surface area contributed by atoms with Crippen LogP contribution in [0.25, 0.3) is 28.0 Å². The molecule has 0 saturated heterocycles. The second-order valence-electron chi connectivity index (χ2n) is 13.2. The lowest BCUT2D eigenvalue weighted by Gasteiger charge is -2.41. The zero-order chi connectivity index (χ0) is 31.8. The van der Waals surface area contributed by atoms with Gasteiger partial charge in [0.1, 0.15) is 17.2 Å². The van der Waals surface area contributed by atoms with Crippen molar-refractivity contribution < 1.29 is 23.7 Å². The second kappa shape index (κ2) is 10.6. The number of methoxy groups -OCH3 is 3. The molecular weight excluding hydrogens is 584 g/mol. The normalized spacial score (nSPS) is 17.7. The van der Waals surface area contributed by atoms with Crippen molar-refractivity contribution >= 4 is 16.8 Å². The molecule has 0 radical (unpaired) electrons. The molecule has 236 valence electrons. The van der Waals surface area contributed by atoms with E-state index in [1.54, 1.807) is 21.3 Å². The average Bonchev–Trinajstić information content (AvgIpc) is 3.74. The Balaban J connectivity index is 1.39. The van der Waals surface area contributed by atoms with Gasteiger partial charge in [0.15, 0.2) is 17.1 Å². The largest absolute Gasteiger partial charge is 0.497 e. The summed E-state index contributed by atoms with van der Waals surface area (Å²) in [7, 11) is 5.13. The average molecular weight is 623 g/mol. The molecule has 0 bridgehead atoms. The molecule has 9 rings (SSSR count). The highest BCUT2D eigenvalue weighted by atomic mass is 16.5. The van der Waals surface area contributed by atoms with E-state index >= 15 is 0 Å². The number of hydrogen-bond acceptors (Lipinski definition) is 5. The number of ether oxygens (including phenoxy) is 5. The van der Waals surface area contributed by atoms with E-state index in [0.717, 1.165) is 64.5 Å². The van der Waals surface area contributed by atoms with Crippen LogP contribution in [0.4, 0.5) is 0 Å². The maximum atomic E-state index is 7.60. The molecule has 5 nitrogen and oxygen atoms in total. The van der Waals surface area contributed by atoms with Crippen molar-refractivity contribution in [1.29, 1.82) is 0 Å². The summed E-state index contributed by atoms with van der Waals surface area (Å²) in [5.41, 5.74) is 9.10. The molecule has 5 heteroatoms. The summed E-state index contributed by atoms with van der Waals surface area (Å²) in [5, 5.41) is 2.31. The van der Waals surface area contributed by atoms with Crippen LogP contribution in [0.2, 0.25) is 0 Å². The Hall–Kier alpha value is -4.90. The fraction of sp³-hybridized carbons (Fsp3) is 0.286. The number of fused-ring (bicyclic) bond motifs is 12. The minimum absolute atomic E-state index is 0.0529. The molecule has 0 atom stereocenters. The minimum atomic E-state index is -0.888. The first-order chi connectivity index (χ1) is 23.1. The van der Waals surface area contributed by atoms with Gasteiger partial charge in [-0.05, 0) is 71.5 Å². The maximum Gasteiger partial charge on any atom is 0.178 e. The van der Waals surface area contributed by atoms with Crippen LogP contribution >= 0.6 is 0 Å². The predicted octanol–water partition coefficient (Wildman–Crippen LogP) is 9.38. The van der Waals surface area contributed by atoms with E-state index < -0.39 is 5.60 Å². The number of rotatable bonds is 5. The molecule has 0 unspecified atom stereocenters. The van der Waals surface area contributed by atoms with E-state index in [2.05, 4.69) is 66.7 Å². The highest BCUT2D eigenvalue weighted by Gasteiger charge is 2.49. The van der Waals surface area contributed by atoms with Gasteiger partial charge in [-0.3, -0.25) is 0 Å². The van der Waals surface area contributed by atoms with E-state index in [9.17, 15) is 0 Å². The van der Waals surface area contributed by atoms with Crippen molar-refractivity contribution in [2.24, 2.45) is 0 Å². The van der Waals surface area contributed by atoms with Gasteiger partial charge in [0, 0.05) is 44.9 Å². The van der Waals surface area contributed by atoms with Crippen LogP contribution in [0.3, 0.4) is 0 Å². The summed E-state index contributed by atoms with van der Waals surface area (Å²) >= 11 is 0. The van der Waals surface area contributed by atoms with Gasteiger partial charge < -0.3 is 23.7 Å². The van der Waals surface area contributed by atoms with Crippen molar-refractivity contribution in [1.82, 2.24) is 0 Å². The van der Waals surface area contributed by atoms with Crippen molar-refractivity contribution in [3.8, 4) is 39.9 Å². The van der Waals surface area contributed by atoms with Gasteiger partial charge in [0.05, 0.1) is 27.9 Å². The van der Waals surface area contributed by atoms with Gasteiger partial charge >= 0.3 is 0 Å². The molecular formula is C42H38O5. The highest BCUT2D eigenvalue weighted by Crippen LogP contribution is 2.63. The van der Waals surface area contributed by atoms with E-state index in [0.29, 0.717) is 6.61 Å². The van der Waals surface area contributed by atoms with Crippen molar-refractivity contribution in [2.75, 3.05) is 27.9 Å². The maximum absolute atomic E-state index is 7.60. The molecule has 0 aromatic heterocycles. The second-order valence-corrected chi connectivity index (χ2v) is 13.2. The van der Waals surface area contributed by atoms with Crippen LogP contribution < -0.4 is 23.7 Å². The third kappa shape index (κ3) is 3.89. The molecule has 2 aliphatic heterocycles. The van der Waals surface area contributed by atoms with Crippen LogP contribution in [0.1, 0.15) is 65.5 Å². The van der Waals surface area contributed by atoms with Crippen LogP contribution in [0.15, 0.2) is 84.9 Å². The third-order valence-electron chi connectivity index (χ3n) is 11.1. The Bertz CT molecular complexity index is 2020. The van der Waals surface area contributed by atoms with E-state index in [1.165, 1.54) is 58.0 Å². The van der Waals surface area contributed by atoms with Crippen molar-refractivity contribution in [2.45, 2.75) is 49.5 Å². The summed E-state index contributed by atoms with van der Waals surface area (Å²) in [6.45, 7) is 0.645. The SMILES string of the molecule is COc1ccc(C2(c3ccc(OC)cc3)C=Cc3c4c(c5c6c(c(OC)cc5c3O2)OCC6)-c2ccccc2C42CCCCC2)cc1. The van der Waals surface area contributed by atoms with Gasteiger partial charge in [0.25, 0.3) is 0 Å². The molecule has 0 N–H and O–H groups in total. The molecule has 5 aromatic carbocycles. The van der Waals surface area contributed by atoms with Crippen LogP contribution in [-0.2, 0) is 17.4 Å². The molecule has 47 heavy (non-hydrogen) atoms. The lowest BCUT2D eigenvalue weighted by Crippen LogP contribution is -2.35. The Morgan fingerprint density at radius 3 is 2.06 bits per heavy atom. The fourth-order valence-electron chi connectivity index (χ4n) is 8.99. The third-order valence-corrected chi connectivity index (χ3v) is 11.1. The van der Waals surface area contributed by atoms with Crippen molar-refractivity contribution in [3.63, 3.8) is 0 Å². The first kappa shape index (κ1) is 28.3. The summed E-state index contributed by atoms with van der Waals surface area (Å²) in [6, 6.07) is 27.8. The molecule has 0 amide bonds. The fourth-order valence-corrected chi connectivity index (χ4v) is 8.99. The van der Waals surface area contributed by atoms with Gasteiger partial charge in [-0.1, -0.05) is 73.9 Å². The zero-order valence-corrected chi connectivity index (χ0v) is 27.2. The van der Waals surface area contributed by atoms with Crippen molar-refractivity contribution in [3.05, 3.63) is 118 Å². The number of hydrogen-bond donors (Lipinski definition) is 0. The smallest absolute Gasteiger partial charge is 0.178 e. The molecule has 4 aliphatic rings. The van der Waals surface area contributed by atoms with Crippen LogP contribution in [0, 0.1) is 0 Å². The van der Waals surface area contributed by atoms with Gasteiger partial charge in [-0.25, -0.2) is 0 Å². The lowest BCUT2D eigenvalue weighted by atomic mass is 9.66. The Labute approximate surface area is 275 Å². The molecule has 2 aliphatic carbocycles. The molecule has 5 aromatic rings. The standard InChI is InChI=1S/C42H38O5/c1-43-28-15-11-26(12-16-28)42(27-13-17-29(44-2)18-14-27)23-19-32-38-37(30-9-5-6-10-34(30)41(38)21-7-4-8-22-41)36-31-20-24-46-40(31)35(45-3)25-33(36)39(32)47-42/h5-6,9-19,23,25H,4,7-8,20-22,24H2,1-3H3. The summed E-state index contributed by atoms with van der Waals surface area (Å²) < 4.78 is 31.0. The van der Waals surface area contributed by atoms with E-state index in [4.69, 9.17) is 23.7 Å².